The van der Waals surface area contributed by atoms with Crippen molar-refractivity contribution in [1.29, 1.82) is 0 Å². The number of hydrogen-bond donors (Lipinski definition) is 0. The van der Waals surface area contributed by atoms with Crippen molar-refractivity contribution in [3.05, 3.63) is 94.0 Å². The molecule has 7 heteroatoms. The van der Waals surface area contributed by atoms with Crippen LogP contribution in [0.25, 0.3) is 6.08 Å². The van der Waals surface area contributed by atoms with Crippen molar-refractivity contribution < 1.29 is 23.9 Å². The zero-order valence-electron chi connectivity index (χ0n) is 23.0. The lowest BCUT2D eigenvalue weighted by molar-refractivity contribution is -0.127. The van der Waals surface area contributed by atoms with E-state index in [2.05, 4.69) is 0 Å². The molecule has 6 nitrogen and oxygen atoms in total. The molecule has 0 amide bonds. The number of Topliss-reactive ketones (excluding diaryl/α,β-unsaturated/α-hetero) is 3. The van der Waals surface area contributed by atoms with E-state index in [1.54, 1.807) is 49.6 Å². The van der Waals surface area contributed by atoms with Crippen LogP contribution in [0.5, 0.6) is 11.5 Å². The number of carbonyl (C=O) groups excluding carboxylic acids is 3. The largest absolute Gasteiger partial charge is 0.493 e. The summed E-state index contributed by atoms with van der Waals surface area (Å²) in [6.07, 6.45) is 3.80. The van der Waals surface area contributed by atoms with Gasteiger partial charge in [-0.2, -0.15) is 0 Å². The number of rotatable bonds is 4. The highest BCUT2D eigenvalue weighted by atomic mass is 35.5. The van der Waals surface area contributed by atoms with E-state index in [1.807, 2.05) is 56.0 Å². The summed E-state index contributed by atoms with van der Waals surface area (Å²) >= 11 is 6.35. The van der Waals surface area contributed by atoms with Crippen molar-refractivity contribution >= 4 is 40.7 Å². The van der Waals surface area contributed by atoms with Gasteiger partial charge in [-0.15, -0.1) is 0 Å². The van der Waals surface area contributed by atoms with Gasteiger partial charge < -0.3 is 14.4 Å². The van der Waals surface area contributed by atoms with E-state index in [-0.39, 0.29) is 17.3 Å². The maximum absolute atomic E-state index is 14.7. The van der Waals surface area contributed by atoms with Gasteiger partial charge >= 0.3 is 0 Å². The monoisotopic (exact) mass is 555 g/mol. The highest BCUT2D eigenvalue weighted by Crippen LogP contribution is 2.61. The van der Waals surface area contributed by atoms with E-state index < -0.39 is 28.8 Å². The predicted molar refractivity (Wildman–Crippen MR) is 155 cm³/mol. The van der Waals surface area contributed by atoms with Crippen LogP contribution in [-0.4, -0.2) is 43.7 Å². The first-order chi connectivity index (χ1) is 19.0. The molecule has 40 heavy (non-hydrogen) atoms. The normalized spacial score (nSPS) is 22.2. The fraction of sp³-hybridized carbons (Fsp3) is 0.303. The molecule has 3 aliphatic rings. The SMILES string of the molecule is COc1ccc([C@@H]2[C@@H](C(=O)C(C)(C)C)N3c4ccc(Cl)cc4C=C[C@@H]3C23C(=O)c2ccccc2C3=O)cc1OC. The summed E-state index contributed by atoms with van der Waals surface area (Å²) in [5.41, 5.74) is 0.693. The molecular formula is C33H30ClNO5. The van der Waals surface area contributed by atoms with Crippen molar-refractivity contribution in [1.82, 2.24) is 0 Å². The fourth-order valence-corrected chi connectivity index (χ4v) is 6.99. The van der Waals surface area contributed by atoms with E-state index in [0.29, 0.717) is 33.2 Å². The van der Waals surface area contributed by atoms with Gasteiger partial charge in [0, 0.05) is 33.2 Å². The van der Waals surface area contributed by atoms with E-state index in [4.69, 9.17) is 21.1 Å². The van der Waals surface area contributed by atoms with Gasteiger partial charge in [-0.25, -0.2) is 0 Å². The molecule has 0 unspecified atom stereocenters. The molecule has 2 heterocycles. The number of benzene rings is 3. The number of ketones is 3. The molecule has 0 radical (unpaired) electrons. The topological polar surface area (TPSA) is 72.9 Å². The molecule has 3 aromatic rings. The number of carbonyl (C=O) groups is 3. The van der Waals surface area contributed by atoms with E-state index in [9.17, 15) is 14.4 Å². The maximum Gasteiger partial charge on any atom is 0.180 e. The molecule has 2 aliphatic heterocycles. The number of halogens is 1. The molecule has 0 bridgehead atoms. The minimum atomic E-state index is -1.57. The van der Waals surface area contributed by atoms with Gasteiger partial charge in [0.25, 0.3) is 0 Å². The van der Waals surface area contributed by atoms with Crippen LogP contribution in [-0.2, 0) is 4.79 Å². The first kappa shape index (κ1) is 26.3. The second-order valence-corrected chi connectivity index (χ2v) is 12.1. The third-order valence-electron chi connectivity index (χ3n) is 8.54. The number of ether oxygens (including phenoxy) is 2. The standard InChI is InChI=1S/C33H30ClNO5/c1-32(2,3)31(38)28-27(19-10-14-24(39-4)25(17-19)40-5)33(29(36)21-8-6-7-9-22(21)30(33)37)26-15-11-18-16-20(34)12-13-23(18)35(26)28/h6-17,26-28H,1-5H3/t26-,27-,28+/m1/s1. The van der Waals surface area contributed by atoms with Crippen molar-refractivity contribution in [3.63, 3.8) is 0 Å². The Kier molecular flexibility index (Phi) is 5.97. The average Bonchev–Trinajstić information content (AvgIpc) is 3.37. The van der Waals surface area contributed by atoms with Gasteiger partial charge in [-0.1, -0.05) is 74.9 Å². The molecule has 0 saturated carbocycles. The van der Waals surface area contributed by atoms with Crippen LogP contribution in [0.1, 0.15) is 58.5 Å². The number of methoxy groups -OCH3 is 2. The molecule has 1 saturated heterocycles. The zero-order chi connectivity index (χ0) is 28.6. The summed E-state index contributed by atoms with van der Waals surface area (Å²) in [5.74, 6) is -0.435. The van der Waals surface area contributed by atoms with Crippen LogP contribution in [0.3, 0.4) is 0 Å². The fourth-order valence-electron chi connectivity index (χ4n) is 6.81. The molecule has 1 aliphatic carbocycles. The Morgan fingerprint density at radius 1 is 0.900 bits per heavy atom. The first-order valence-corrected chi connectivity index (χ1v) is 13.6. The van der Waals surface area contributed by atoms with Gasteiger partial charge in [0.05, 0.1) is 26.3 Å². The van der Waals surface area contributed by atoms with Crippen LogP contribution < -0.4 is 14.4 Å². The van der Waals surface area contributed by atoms with Crippen LogP contribution in [0.15, 0.2) is 66.7 Å². The number of fused-ring (bicyclic) bond motifs is 5. The Hall–Kier alpha value is -3.90. The molecular weight excluding hydrogens is 526 g/mol. The highest BCUT2D eigenvalue weighted by Gasteiger charge is 2.72. The summed E-state index contributed by atoms with van der Waals surface area (Å²) < 4.78 is 11.1. The lowest BCUT2D eigenvalue weighted by Crippen LogP contribution is -2.49. The Labute approximate surface area is 238 Å². The number of hydrogen-bond acceptors (Lipinski definition) is 6. The predicted octanol–water partition coefficient (Wildman–Crippen LogP) is 6.41. The van der Waals surface area contributed by atoms with Gasteiger partial charge in [-0.05, 0) is 41.5 Å². The summed E-state index contributed by atoms with van der Waals surface area (Å²) in [6, 6.07) is 16.3. The maximum atomic E-state index is 14.7. The van der Waals surface area contributed by atoms with E-state index in [0.717, 1.165) is 11.3 Å². The van der Waals surface area contributed by atoms with Gasteiger partial charge in [0.15, 0.2) is 28.8 Å². The first-order valence-electron chi connectivity index (χ1n) is 13.3. The van der Waals surface area contributed by atoms with Gasteiger partial charge in [0.1, 0.15) is 5.41 Å². The average molecular weight is 556 g/mol. The molecule has 6 rings (SSSR count). The van der Waals surface area contributed by atoms with Crippen molar-refractivity contribution in [3.8, 4) is 11.5 Å². The smallest absolute Gasteiger partial charge is 0.180 e. The van der Waals surface area contributed by atoms with Crippen molar-refractivity contribution in [2.24, 2.45) is 10.8 Å². The minimum Gasteiger partial charge on any atom is -0.493 e. The Balaban J connectivity index is 1.70. The van der Waals surface area contributed by atoms with E-state index >= 15 is 0 Å². The Morgan fingerprint density at radius 2 is 1.55 bits per heavy atom. The van der Waals surface area contributed by atoms with Crippen LogP contribution in [0.4, 0.5) is 5.69 Å². The van der Waals surface area contributed by atoms with E-state index in [1.165, 1.54) is 7.11 Å². The second kappa shape index (κ2) is 9.07. The molecule has 0 N–H and O–H groups in total. The van der Waals surface area contributed by atoms with Crippen molar-refractivity contribution in [2.75, 3.05) is 19.1 Å². The summed E-state index contributed by atoms with van der Waals surface area (Å²) in [5, 5.41) is 0.561. The van der Waals surface area contributed by atoms with Gasteiger partial charge in [0.2, 0.25) is 0 Å². The van der Waals surface area contributed by atoms with Crippen LogP contribution in [0.2, 0.25) is 5.02 Å². The quantitative estimate of drug-likeness (QED) is 0.347. The molecule has 0 aromatic heterocycles. The lowest BCUT2D eigenvalue weighted by atomic mass is 9.63. The minimum absolute atomic E-state index is 0.0677. The third-order valence-corrected chi connectivity index (χ3v) is 8.78. The number of nitrogens with zero attached hydrogens (tertiary/aromatic N) is 1. The summed E-state index contributed by atoms with van der Waals surface area (Å²) in [4.78, 5) is 45.8. The summed E-state index contributed by atoms with van der Waals surface area (Å²) in [7, 11) is 3.09. The second-order valence-electron chi connectivity index (χ2n) is 11.6. The molecule has 204 valence electrons. The molecule has 1 fully saturated rings. The molecule has 3 aromatic carbocycles. The zero-order valence-corrected chi connectivity index (χ0v) is 23.8. The van der Waals surface area contributed by atoms with Crippen molar-refractivity contribution in [2.45, 2.75) is 38.8 Å². The van der Waals surface area contributed by atoms with Crippen LogP contribution in [0, 0.1) is 10.8 Å². The molecule has 1 spiro atoms. The lowest BCUT2D eigenvalue weighted by Gasteiger charge is -2.38. The Bertz CT molecular complexity index is 1580. The van der Waals surface area contributed by atoms with Crippen LogP contribution >= 0.6 is 11.6 Å². The molecule has 3 atom stereocenters. The third kappa shape index (κ3) is 3.45. The number of anilines is 1. The Morgan fingerprint density at radius 3 is 2.15 bits per heavy atom. The summed E-state index contributed by atoms with van der Waals surface area (Å²) in [6.45, 7) is 5.61. The highest BCUT2D eigenvalue weighted by molar-refractivity contribution is 6.32. The van der Waals surface area contributed by atoms with Gasteiger partial charge in [-0.3, -0.25) is 14.4 Å².